The SMILES string of the molecule is CC(=O)O[C@H]1OC[C@]2(C)[C@@H](OC(C)=O)CC[C@]3(COC(=O)[C@@]45C[C@@H](CC[C@H]43)[C@@H](C)C5=O)[C@H]12. The van der Waals surface area contributed by atoms with Crippen LogP contribution < -0.4 is 0 Å². The molecule has 176 valence electrons. The molecule has 9 atom stereocenters. The fourth-order valence-corrected chi connectivity index (χ4v) is 8.22. The van der Waals surface area contributed by atoms with Crippen molar-refractivity contribution in [2.24, 2.45) is 39.9 Å². The van der Waals surface area contributed by atoms with Gasteiger partial charge in [0.1, 0.15) is 11.5 Å². The molecule has 2 aliphatic heterocycles. The first kappa shape index (κ1) is 21.9. The van der Waals surface area contributed by atoms with Crippen LogP contribution in [-0.4, -0.2) is 49.3 Å². The van der Waals surface area contributed by atoms with Crippen molar-refractivity contribution in [2.45, 2.75) is 72.2 Å². The zero-order valence-electron chi connectivity index (χ0n) is 19.2. The summed E-state index contributed by atoms with van der Waals surface area (Å²) in [5.74, 6) is -1.72. The standard InChI is InChI=1S/C24H32O8/c1-12-15-5-6-16-23(11-30-21(28)24(16,9-15)19(12)27)8-7-17(31-13(2)25)22(4)10-29-20(18(22)23)32-14(3)26/h12,15-18,20H,5-11H2,1-4H3/t12-,15-,16+,17+,18-,20-,22-,23-,24+/m1/s1. The van der Waals surface area contributed by atoms with E-state index in [0.717, 1.165) is 12.8 Å². The number of carbonyl (C=O) groups is 4. The molecule has 0 unspecified atom stereocenters. The van der Waals surface area contributed by atoms with E-state index in [1.165, 1.54) is 13.8 Å². The quantitative estimate of drug-likeness (QED) is 0.360. The van der Waals surface area contributed by atoms with Gasteiger partial charge >= 0.3 is 17.9 Å². The lowest BCUT2D eigenvalue weighted by Crippen LogP contribution is -2.67. The van der Waals surface area contributed by atoms with Crippen LogP contribution in [0.5, 0.6) is 0 Å². The van der Waals surface area contributed by atoms with E-state index in [9.17, 15) is 19.2 Å². The van der Waals surface area contributed by atoms with Gasteiger partial charge in [0.25, 0.3) is 0 Å². The minimum Gasteiger partial charge on any atom is -0.464 e. The lowest BCUT2D eigenvalue weighted by atomic mass is 9.44. The summed E-state index contributed by atoms with van der Waals surface area (Å²) < 4.78 is 23.2. The predicted octanol–water partition coefficient (Wildman–Crippen LogP) is 2.42. The molecule has 3 saturated carbocycles. The number of fused-ring (bicyclic) bond motifs is 4. The molecule has 0 N–H and O–H groups in total. The highest BCUT2D eigenvalue weighted by Gasteiger charge is 2.76. The van der Waals surface area contributed by atoms with Crippen molar-refractivity contribution in [1.82, 2.24) is 0 Å². The Balaban J connectivity index is 1.62. The van der Waals surface area contributed by atoms with Crippen LogP contribution in [0.15, 0.2) is 0 Å². The lowest BCUT2D eigenvalue weighted by molar-refractivity contribution is -0.241. The summed E-state index contributed by atoms with van der Waals surface area (Å²) >= 11 is 0. The summed E-state index contributed by atoms with van der Waals surface area (Å²) in [5, 5.41) is 0. The second-order valence-electron chi connectivity index (χ2n) is 10.9. The number of hydrogen-bond donors (Lipinski definition) is 0. The first-order chi connectivity index (χ1) is 15.1. The van der Waals surface area contributed by atoms with E-state index in [0.29, 0.717) is 19.3 Å². The number of esters is 3. The molecule has 5 fully saturated rings. The molecule has 3 aliphatic carbocycles. The summed E-state index contributed by atoms with van der Waals surface area (Å²) in [6.45, 7) is 7.09. The molecule has 2 saturated heterocycles. The fraction of sp³-hybridized carbons (Fsp3) is 0.833. The van der Waals surface area contributed by atoms with Gasteiger partial charge < -0.3 is 18.9 Å². The number of cyclic esters (lactones) is 1. The number of ether oxygens (including phenoxy) is 4. The average molecular weight is 449 g/mol. The summed E-state index contributed by atoms with van der Waals surface area (Å²) in [6.07, 6.45) is 2.14. The zero-order valence-corrected chi connectivity index (χ0v) is 19.2. The van der Waals surface area contributed by atoms with Gasteiger partial charge in [-0.05, 0) is 43.9 Å². The third kappa shape index (κ3) is 2.65. The molecule has 0 aromatic rings. The molecule has 0 amide bonds. The van der Waals surface area contributed by atoms with Crippen molar-refractivity contribution in [3.05, 3.63) is 0 Å². The van der Waals surface area contributed by atoms with E-state index in [1.54, 1.807) is 0 Å². The molecular weight excluding hydrogens is 416 g/mol. The van der Waals surface area contributed by atoms with E-state index < -0.39 is 34.6 Å². The number of ketones is 1. The molecule has 0 radical (unpaired) electrons. The molecule has 8 nitrogen and oxygen atoms in total. The van der Waals surface area contributed by atoms with Crippen molar-refractivity contribution in [1.29, 1.82) is 0 Å². The summed E-state index contributed by atoms with van der Waals surface area (Å²) in [6, 6.07) is 0. The molecule has 8 heteroatoms. The van der Waals surface area contributed by atoms with E-state index in [1.807, 2.05) is 13.8 Å². The van der Waals surface area contributed by atoms with Gasteiger partial charge in [0.05, 0.1) is 13.2 Å². The average Bonchev–Trinajstić information content (AvgIpc) is 3.16. The van der Waals surface area contributed by atoms with E-state index in [4.69, 9.17) is 18.9 Å². The minimum atomic E-state index is -1.13. The Bertz CT molecular complexity index is 883. The second-order valence-corrected chi connectivity index (χ2v) is 10.9. The van der Waals surface area contributed by atoms with Gasteiger partial charge in [-0.3, -0.25) is 19.2 Å². The third-order valence-electron chi connectivity index (χ3n) is 9.45. The highest BCUT2D eigenvalue weighted by atomic mass is 16.7. The van der Waals surface area contributed by atoms with Gasteiger partial charge in [0.2, 0.25) is 6.29 Å². The second kappa shape index (κ2) is 7.02. The smallest absolute Gasteiger partial charge is 0.319 e. The predicted molar refractivity (Wildman–Crippen MR) is 109 cm³/mol. The van der Waals surface area contributed by atoms with Crippen LogP contribution in [0, 0.1) is 39.9 Å². The number of hydrogen-bond acceptors (Lipinski definition) is 8. The van der Waals surface area contributed by atoms with Crippen LogP contribution in [0.1, 0.15) is 59.8 Å². The largest absolute Gasteiger partial charge is 0.464 e. The van der Waals surface area contributed by atoms with Gasteiger partial charge in [0.15, 0.2) is 5.78 Å². The Labute approximate surface area is 187 Å². The molecule has 0 aromatic heterocycles. The maximum absolute atomic E-state index is 13.5. The van der Waals surface area contributed by atoms with Gasteiger partial charge in [-0.1, -0.05) is 13.8 Å². The van der Waals surface area contributed by atoms with Crippen molar-refractivity contribution in [2.75, 3.05) is 13.2 Å². The molecule has 0 aromatic carbocycles. The minimum absolute atomic E-state index is 0.000777. The molecular formula is C24H32O8. The van der Waals surface area contributed by atoms with Crippen LogP contribution in [-0.2, 0) is 38.1 Å². The summed E-state index contributed by atoms with van der Waals surface area (Å²) in [5.41, 5.74) is -2.33. The van der Waals surface area contributed by atoms with Crippen molar-refractivity contribution >= 4 is 23.7 Å². The van der Waals surface area contributed by atoms with Crippen molar-refractivity contribution < 1.29 is 38.1 Å². The molecule has 5 rings (SSSR count). The zero-order chi connectivity index (χ0) is 23.1. The van der Waals surface area contributed by atoms with Crippen LogP contribution in [0.25, 0.3) is 0 Å². The first-order valence-corrected chi connectivity index (χ1v) is 11.7. The van der Waals surface area contributed by atoms with Crippen LogP contribution in [0.4, 0.5) is 0 Å². The van der Waals surface area contributed by atoms with Gasteiger partial charge in [-0.25, -0.2) is 0 Å². The lowest BCUT2D eigenvalue weighted by Gasteiger charge is -2.61. The van der Waals surface area contributed by atoms with Gasteiger partial charge in [-0.15, -0.1) is 0 Å². The number of Topliss-reactive ketones (excluding diaryl/α,β-unsaturated/α-hetero) is 1. The maximum Gasteiger partial charge on any atom is 0.319 e. The Morgan fingerprint density at radius 1 is 1.03 bits per heavy atom. The Morgan fingerprint density at radius 2 is 1.75 bits per heavy atom. The van der Waals surface area contributed by atoms with Gasteiger partial charge in [0, 0.05) is 36.5 Å². The van der Waals surface area contributed by atoms with E-state index >= 15 is 0 Å². The number of rotatable bonds is 2. The molecule has 32 heavy (non-hydrogen) atoms. The normalized spacial score (nSPS) is 49.2. The first-order valence-electron chi connectivity index (χ1n) is 11.7. The Hall–Kier alpha value is -1.96. The Kier molecular flexibility index (Phi) is 4.79. The van der Waals surface area contributed by atoms with Gasteiger partial charge in [-0.2, -0.15) is 0 Å². The van der Waals surface area contributed by atoms with Crippen molar-refractivity contribution in [3.8, 4) is 0 Å². The molecule has 2 bridgehead atoms. The van der Waals surface area contributed by atoms with E-state index in [2.05, 4.69) is 0 Å². The third-order valence-corrected chi connectivity index (χ3v) is 9.45. The molecule has 2 spiro atoms. The van der Waals surface area contributed by atoms with Crippen LogP contribution in [0.2, 0.25) is 0 Å². The summed E-state index contributed by atoms with van der Waals surface area (Å²) in [4.78, 5) is 50.5. The highest BCUT2D eigenvalue weighted by Crippen LogP contribution is 2.70. The fourth-order valence-electron chi connectivity index (χ4n) is 8.22. The summed E-state index contributed by atoms with van der Waals surface area (Å²) in [7, 11) is 0. The highest BCUT2D eigenvalue weighted by molar-refractivity contribution is 6.07. The van der Waals surface area contributed by atoms with Crippen LogP contribution >= 0.6 is 0 Å². The van der Waals surface area contributed by atoms with Crippen LogP contribution in [0.3, 0.4) is 0 Å². The van der Waals surface area contributed by atoms with E-state index in [-0.39, 0.29) is 54.6 Å². The number of carbonyl (C=O) groups excluding carboxylic acids is 4. The topological polar surface area (TPSA) is 105 Å². The monoisotopic (exact) mass is 448 g/mol. The van der Waals surface area contributed by atoms with Crippen molar-refractivity contribution in [3.63, 3.8) is 0 Å². The molecule has 2 heterocycles. The Morgan fingerprint density at radius 3 is 2.44 bits per heavy atom. The maximum atomic E-state index is 13.5. The molecule has 5 aliphatic rings.